The number of hydrogen-bond donors (Lipinski definition) is 0. The topological polar surface area (TPSA) is 92.2 Å². The first-order chi connectivity index (χ1) is 2.00. The Labute approximate surface area is 196 Å². The van der Waals surface area contributed by atoms with Crippen LogP contribution in [-0.2, 0) is 0 Å². The Balaban J connectivity index is -0.00000000114. The molecule has 0 fully saturated rings. The molecule has 0 bridgehead atoms. The second-order valence-electron chi connectivity index (χ2n) is 0. The third kappa shape index (κ3) is 58.2. The minimum Gasteiger partial charge on any atom is -1.00 e. The van der Waals surface area contributed by atoms with Gasteiger partial charge in [-0.15, -0.1) is 0 Å². The van der Waals surface area contributed by atoms with Gasteiger partial charge < -0.3 is 55.8 Å². The molecule has 0 amide bonds. The Morgan fingerprint density at radius 2 is 0.444 bits per heavy atom. The van der Waals surface area contributed by atoms with E-state index in [9.17, 15) is 0 Å². The van der Waals surface area contributed by atoms with Gasteiger partial charge in [0.05, 0.1) is 0 Å². The average molecular weight is 530 g/mol. The smallest absolute Gasteiger partial charge is 1.00 e. The fourth-order valence-electron chi connectivity index (χ4n) is 0. The summed E-state index contributed by atoms with van der Waals surface area (Å²) in [4.78, 5) is 0. The molecule has 0 rings (SSSR count). The molecule has 0 spiro atoms. The predicted octanol–water partition coefficient (Wildman–Crippen LogP) is -6.66. The van der Waals surface area contributed by atoms with Crippen LogP contribution < -0.4 is 21.0 Å². The van der Waals surface area contributed by atoms with E-state index in [4.69, 9.17) is 21.0 Å². The van der Waals surface area contributed by atoms with Crippen LogP contribution in [0.1, 0.15) is 0 Å². The maximum atomic E-state index is 7.00. The molecule has 0 saturated carbocycles. The van der Waals surface area contributed by atoms with Crippen LogP contribution >= 0.6 is 0 Å². The van der Waals surface area contributed by atoms with Gasteiger partial charge in [0.1, 0.15) is 0 Å². The van der Waals surface area contributed by atoms with Crippen molar-refractivity contribution in [2.75, 3.05) is 0 Å². The van der Waals surface area contributed by atoms with Crippen molar-refractivity contribution in [1.82, 2.24) is 0 Å². The minimum atomic E-state index is 0. The molecule has 0 aliphatic rings. The van der Waals surface area contributed by atoms with Gasteiger partial charge in [0.2, 0.25) is 0 Å². The third-order valence-electron chi connectivity index (χ3n) is 0. The van der Waals surface area contributed by atoms with Gasteiger partial charge >= 0.3 is 147 Å². The molecule has 0 N–H and O–H groups in total. The van der Waals surface area contributed by atoms with Gasteiger partial charge in [0, 0.05) is 0 Å². The van der Waals surface area contributed by atoms with E-state index in [2.05, 4.69) is 0 Å². The van der Waals surface area contributed by atoms with Crippen molar-refractivity contribution in [2.24, 2.45) is 0 Å². The van der Waals surface area contributed by atoms with Crippen LogP contribution in [0.25, 0.3) is 0 Å². The van der Waals surface area contributed by atoms with Gasteiger partial charge in [-0.25, -0.2) is 0 Å². The summed E-state index contributed by atoms with van der Waals surface area (Å²) in [5, 5.41) is 28.0. The first-order valence-corrected chi connectivity index (χ1v) is 0.333. The largest absolute Gasteiger partial charge is 2.00 e. The monoisotopic (exact) mass is 532 g/mol. The molecule has 0 aliphatic heterocycles. The molecule has 0 atom stereocenters. The van der Waals surface area contributed by atoms with Crippen molar-refractivity contribution in [3.63, 3.8) is 0 Å². The zero-order valence-electron chi connectivity index (χ0n) is 4.91. The molecule has 0 aromatic rings. The molecule has 0 heterocycles. The van der Waals surface area contributed by atoms with E-state index in [1.165, 1.54) is 0 Å². The maximum Gasteiger partial charge on any atom is 2.00 e. The summed E-state index contributed by atoms with van der Waals surface area (Å²) in [6.07, 6.45) is 0. The zero-order valence-corrected chi connectivity index (χ0v) is 20.5. The zero-order chi connectivity index (χ0) is 4.00. The van der Waals surface area contributed by atoms with Crippen LogP contribution in [0.3, 0.4) is 0 Å². The van der Waals surface area contributed by atoms with Crippen LogP contribution in [0.4, 0.5) is 0 Å². The van der Waals surface area contributed by atoms with Crippen molar-refractivity contribution in [1.29, 1.82) is 0 Å². The Hall–Kier alpha value is 5.62. The molecular formula is Al2Ba3O4. The molecule has 8 radical (unpaired) electrons. The van der Waals surface area contributed by atoms with E-state index in [0.717, 1.165) is 0 Å². The summed E-state index contributed by atoms with van der Waals surface area (Å²) in [6, 6.07) is 0. The molecule has 0 unspecified atom stereocenters. The maximum absolute atomic E-state index is 7.00. The van der Waals surface area contributed by atoms with E-state index in [0.29, 0.717) is 0 Å². The second-order valence-corrected chi connectivity index (χ2v) is 0. The SMILES string of the molecule is [Al-].[Al-].[Ba+2].[Ba+2].[Ba+2].[O-][O-].[O-][O-]. The van der Waals surface area contributed by atoms with Crippen LogP contribution in [0.15, 0.2) is 0 Å². The fraction of sp³-hybridized carbons (Fsp3) is 0. The van der Waals surface area contributed by atoms with Crippen molar-refractivity contribution in [2.45, 2.75) is 0 Å². The summed E-state index contributed by atoms with van der Waals surface area (Å²) >= 11 is 0. The Morgan fingerprint density at radius 3 is 0.444 bits per heavy atom. The van der Waals surface area contributed by atoms with Gasteiger partial charge in [0.15, 0.2) is 0 Å². The minimum absolute atomic E-state index is 0. The first kappa shape index (κ1) is 46.7. The van der Waals surface area contributed by atoms with Gasteiger partial charge in [0.25, 0.3) is 0 Å². The summed E-state index contributed by atoms with van der Waals surface area (Å²) in [6.45, 7) is 0. The van der Waals surface area contributed by atoms with Crippen LogP contribution in [0, 0.1) is 0 Å². The number of hydrogen-bond acceptors (Lipinski definition) is 4. The van der Waals surface area contributed by atoms with Crippen LogP contribution in [0.5, 0.6) is 0 Å². The average Bonchev–Trinajstić information content (AvgIpc) is 1.50. The molecular weight excluding hydrogens is 530 g/mol. The normalized spacial score (nSPS) is 1.33. The first-order valence-electron chi connectivity index (χ1n) is 0.333. The van der Waals surface area contributed by atoms with Crippen LogP contribution in [-0.4, -0.2) is 181 Å². The quantitative estimate of drug-likeness (QED) is 0.177. The van der Waals surface area contributed by atoms with Crippen molar-refractivity contribution >= 4 is 181 Å². The number of rotatable bonds is 0. The summed E-state index contributed by atoms with van der Waals surface area (Å²) < 4.78 is 0. The molecule has 36 valence electrons. The van der Waals surface area contributed by atoms with Crippen LogP contribution in [0.2, 0.25) is 0 Å². The van der Waals surface area contributed by atoms with E-state index >= 15 is 0 Å². The third-order valence-corrected chi connectivity index (χ3v) is 0. The van der Waals surface area contributed by atoms with E-state index in [1.54, 1.807) is 0 Å². The molecule has 0 saturated heterocycles. The van der Waals surface area contributed by atoms with Crippen molar-refractivity contribution in [3.05, 3.63) is 0 Å². The Kier molecular flexibility index (Phi) is 356. The Morgan fingerprint density at radius 1 is 0.444 bits per heavy atom. The van der Waals surface area contributed by atoms with Gasteiger partial charge in [-0.1, -0.05) is 0 Å². The van der Waals surface area contributed by atoms with Gasteiger partial charge in [-0.3, -0.25) is 0 Å². The Bertz CT molecular complexity index is 13.8. The summed E-state index contributed by atoms with van der Waals surface area (Å²) in [5.41, 5.74) is 0. The predicted molar refractivity (Wildman–Crippen MR) is 28.8 cm³/mol. The van der Waals surface area contributed by atoms with E-state index in [1.807, 2.05) is 0 Å². The van der Waals surface area contributed by atoms with Gasteiger partial charge in [-0.2, -0.15) is 0 Å². The fourth-order valence-corrected chi connectivity index (χ4v) is 0. The molecule has 0 aromatic carbocycles. The van der Waals surface area contributed by atoms with E-state index < -0.39 is 0 Å². The molecule has 9 heavy (non-hydrogen) atoms. The van der Waals surface area contributed by atoms with Gasteiger partial charge in [-0.05, 0) is 0 Å². The van der Waals surface area contributed by atoms with Crippen molar-refractivity contribution in [3.8, 4) is 0 Å². The standard InChI is InChI=1S/2Al.3Ba.2O2/c;;;;;2*1-2/q2*-1;3*+2;2*-2. The summed E-state index contributed by atoms with van der Waals surface area (Å²) in [7, 11) is 0. The molecule has 9 heteroatoms. The van der Waals surface area contributed by atoms with E-state index in [-0.39, 0.29) is 181 Å². The molecule has 0 aromatic heterocycles. The van der Waals surface area contributed by atoms with Crippen molar-refractivity contribution < 1.29 is 21.0 Å². The second kappa shape index (κ2) is 68.7. The summed E-state index contributed by atoms with van der Waals surface area (Å²) in [5.74, 6) is 0. The molecule has 0 aliphatic carbocycles. The molecule has 4 nitrogen and oxygen atoms in total.